The van der Waals surface area contributed by atoms with E-state index in [2.05, 4.69) is 19.2 Å². The Bertz CT molecular complexity index is 372. The molecular formula is C15H28N2O3. The summed E-state index contributed by atoms with van der Waals surface area (Å²) in [5.74, 6) is -0.875. The molecule has 0 aliphatic carbocycles. The standard InChI is InChI=1S/C15H28N2O3/c1-14(2,3)10-11(9-12(18)19)16-13(20)17-8-6-7-15(17,4)5/h11H,6-10H2,1-5H3,(H,16,20)(H,18,19). The van der Waals surface area contributed by atoms with Crippen molar-refractivity contribution in [2.45, 2.75) is 71.9 Å². The van der Waals surface area contributed by atoms with Crippen LogP contribution in [-0.2, 0) is 4.79 Å². The molecule has 1 aliphatic rings. The van der Waals surface area contributed by atoms with Gasteiger partial charge < -0.3 is 15.3 Å². The average Bonchev–Trinajstić information content (AvgIpc) is 2.53. The molecule has 2 amide bonds. The minimum atomic E-state index is -0.875. The molecular weight excluding hydrogens is 256 g/mol. The van der Waals surface area contributed by atoms with Crippen LogP contribution in [0.15, 0.2) is 0 Å². The number of rotatable bonds is 4. The Morgan fingerprint density at radius 3 is 2.35 bits per heavy atom. The number of nitrogens with one attached hydrogen (secondary N) is 1. The van der Waals surface area contributed by atoms with E-state index < -0.39 is 5.97 Å². The average molecular weight is 284 g/mol. The van der Waals surface area contributed by atoms with Gasteiger partial charge in [0.2, 0.25) is 0 Å². The van der Waals surface area contributed by atoms with Crippen molar-refractivity contribution >= 4 is 12.0 Å². The quantitative estimate of drug-likeness (QED) is 0.834. The summed E-state index contributed by atoms with van der Waals surface area (Å²) in [5.41, 5.74) is -0.159. The van der Waals surface area contributed by atoms with Crippen molar-refractivity contribution in [2.75, 3.05) is 6.54 Å². The van der Waals surface area contributed by atoms with E-state index >= 15 is 0 Å². The minimum absolute atomic E-state index is 0.0199. The van der Waals surface area contributed by atoms with Crippen molar-refractivity contribution in [1.29, 1.82) is 0 Å². The lowest BCUT2D eigenvalue weighted by Crippen LogP contribution is -2.51. The van der Waals surface area contributed by atoms with Gasteiger partial charge in [-0.25, -0.2) is 4.79 Å². The molecule has 0 saturated carbocycles. The Morgan fingerprint density at radius 1 is 1.35 bits per heavy atom. The van der Waals surface area contributed by atoms with E-state index in [1.807, 2.05) is 25.7 Å². The van der Waals surface area contributed by atoms with Gasteiger partial charge in [-0.3, -0.25) is 4.79 Å². The van der Waals surface area contributed by atoms with E-state index in [0.29, 0.717) is 6.42 Å². The summed E-state index contributed by atoms with van der Waals surface area (Å²) < 4.78 is 0. The highest BCUT2D eigenvalue weighted by atomic mass is 16.4. The summed E-state index contributed by atoms with van der Waals surface area (Å²) in [4.78, 5) is 25.1. The predicted octanol–water partition coefficient (Wildman–Crippen LogP) is 2.85. The van der Waals surface area contributed by atoms with Crippen molar-refractivity contribution in [3.8, 4) is 0 Å². The fraction of sp³-hybridized carbons (Fsp3) is 0.867. The zero-order valence-electron chi connectivity index (χ0n) is 13.3. The molecule has 1 rings (SSSR count). The second-order valence-electron chi connectivity index (χ2n) is 7.58. The molecule has 0 spiro atoms. The van der Waals surface area contributed by atoms with E-state index in [1.54, 1.807) is 0 Å². The molecule has 20 heavy (non-hydrogen) atoms. The van der Waals surface area contributed by atoms with Crippen LogP contribution >= 0.6 is 0 Å². The third kappa shape index (κ3) is 5.02. The molecule has 5 heteroatoms. The van der Waals surface area contributed by atoms with Crippen LogP contribution in [0, 0.1) is 5.41 Å². The molecule has 5 nitrogen and oxygen atoms in total. The first-order valence-electron chi connectivity index (χ1n) is 7.31. The fourth-order valence-electron chi connectivity index (χ4n) is 2.86. The van der Waals surface area contributed by atoms with Gasteiger partial charge in [0.1, 0.15) is 0 Å². The van der Waals surface area contributed by atoms with E-state index in [4.69, 9.17) is 5.11 Å². The fourth-order valence-corrected chi connectivity index (χ4v) is 2.86. The number of carboxylic acid groups (broad SMARTS) is 1. The highest BCUT2D eigenvalue weighted by Crippen LogP contribution is 2.28. The maximum absolute atomic E-state index is 12.4. The Hall–Kier alpha value is -1.26. The number of nitrogens with zero attached hydrogens (tertiary/aromatic N) is 1. The maximum atomic E-state index is 12.4. The number of aliphatic carboxylic acids is 1. The summed E-state index contributed by atoms with van der Waals surface area (Å²) >= 11 is 0. The molecule has 1 aliphatic heterocycles. The lowest BCUT2D eigenvalue weighted by atomic mass is 9.87. The SMILES string of the molecule is CC(C)(C)CC(CC(=O)O)NC(=O)N1CCCC1(C)C. The molecule has 1 heterocycles. The van der Waals surface area contributed by atoms with E-state index in [9.17, 15) is 9.59 Å². The summed E-state index contributed by atoms with van der Waals surface area (Å²) in [7, 11) is 0. The van der Waals surface area contributed by atoms with Crippen LogP contribution in [0.2, 0.25) is 0 Å². The number of hydrogen-bond donors (Lipinski definition) is 2. The second-order valence-corrected chi connectivity index (χ2v) is 7.58. The van der Waals surface area contributed by atoms with Crippen molar-refractivity contribution in [2.24, 2.45) is 5.41 Å². The normalized spacial score (nSPS) is 19.8. The third-order valence-electron chi connectivity index (χ3n) is 3.75. The van der Waals surface area contributed by atoms with Crippen molar-refractivity contribution < 1.29 is 14.7 Å². The van der Waals surface area contributed by atoms with Gasteiger partial charge >= 0.3 is 12.0 Å². The van der Waals surface area contributed by atoms with Crippen LogP contribution < -0.4 is 5.32 Å². The first-order chi connectivity index (χ1) is 9.01. The monoisotopic (exact) mass is 284 g/mol. The molecule has 0 aromatic rings. The molecule has 0 aromatic heterocycles. The number of carboxylic acids is 1. The van der Waals surface area contributed by atoms with Crippen molar-refractivity contribution in [3.05, 3.63) is 0 Å². The van der Waals surface area contributed by atoms with Gasteiger partial charge in [-0.05, 0) is 38.5 Å². The Kier molecular flexibility index (Phi) is 5.05. The third-order valence-corrected chi connectivity index (χ3v) is 3.75. The Balaban J connectivity index is 2.69. The van der Waals surface area contributed by atoms with Gasteiger partial charge in [-0.1, -0.05) is 20.8 Å². The van der Waals surface area contributed by atoms with Crippen LogP contribution in [-0.4, -0.2) is 40.1 Å². The van der Waals surface area contributed by atoms with Crippen LogP contribution in [0.5, 0.6) is 0 Å². The first-order valence-corrected chi connectivity index (χ1v) is 7.31. The number of amides is 2. The second kappa shape index (κ2) is 6.02. The summed E-state index contributed by atoms with van der Waals surface area (Å²) in [6, 6.07) is -0.459. The molecule has 0 aromatic carbocycles. The zero-order valence-corrected chi connectivity index (χ0v) is 13.3. The summed E-state index contributed by atoms with van der Waals surface area (Å²) in [5, 5.41) is 11.9. The number of likely N-dealkylation sites (tertiary alicyclic amines) is 1. The van der Waals surface area contributed by atoms with Crippen LogP contribution in [0.4, 0.5) is 4.79 Å². The van der Waals surface area contributed by atoms with Crippen LogP contribution in [0.25, 0.3) is 0 Å². The number of carbonyl (C=O) groups is 2. The Morgan fingerprint density at radius 2 is 1.95 bits per heavy atom. The van der Waals surface area contributed by atoms with Gasteiger partial charge in [0.25, 0.3) is 0 Å². The zero-order chi connectivity index (χ0) is 15.6. The predicted molar refractivity (Wildman–Crippen MR) is 78.7 cm³/mol. The molecule has 1 atom stereocenters. The molecule has 1 saturated heterocycles. The van der Waals surface area contributed by atoms with E-state index in [1.165, 1.54) is 0 Å². The van der Waals surface area contributed by atoms with Crippen molar-refractivity contribution in [3.63, 3.8) is 0 Å². The van der Waals surface area contributed by atoms with E-state index in [0.717, 1.165) is 19.4 Å². The summed E-state index contributed by atoms with van der Waals surface area (Å²) in [6.45, 7) is 11.0. The maximum Gasteiger partial charge on any atom is 0.318 e. The van der Waals surface area contributed by atoms with E-state index in [-0.39, 0.29) is 29.4 Å². The Labute approximate surface area is 121 Å². The summed E-state index contributed by atoms with van der Waals surface area (Å²) in [6.07, 6.45) is 2.61. The lowest BCUT2D eigenvalue weighted by molar-refractivity contribution is -0.137. The highest BCUT2D eigenvalue weighted by Gasteiger charge is 2.36. The molecule has 0 bridgehead atoms. The topological polar surface area (TPSA) is 69.6 Å². The molecule has 116 valence electrons. The molecule has 1 unspecified atom stereocenters. The van der Waals surface area contributed by atoms with Gasteiger partial charge in [0.15, 0.2) is 0 Å². The first kappa shape index (κ1) is 16.8. The lowest BCUT2D eigenvalue weighted by Gasteiger charge is -2.34. The molecule has 0 radical (unpaired) electrons. The van der Waals surface area contributed by atoms with Gasteiger partial charge in [-0.15, -0.1) is 0 Å². The number of urea groups is 1. The number of hydrogen-bond acceptors (Lipinski definition) is 2. The minimum Gasteiger partial charge on any atom is -0.481 e. The van der Waals surface area contributed by atoms with Crippen LogP contribution in [0.1, 0.15) is 60.3 Å². The van der Waals surface area contributed by atoms with Crippen LogP contribution in [0.3, 0.4) is 0 Å². The van der Waals surface area contributed by atoms with Gasteiger partial charge in [0.05, 0.1) is 6.42 Å². The van der Waals surface area contributed by atoms with Crippen molar-refractivity contribution in [1.82, 2.24) is 10.2 Å². The van der Waals surface area contributed by atoms with Gasteiger partial charge in [0, 0.05) is 18.1 Å². The van der Waals surface area contributed by atoms with Gasteiger partial charge in [-0.2, -0.15) is 0 Å². The number of carbonyl (C=O) groups excluding carboxylic acids is 1. The largest absolute Gasteiger partial charge is 0.481 e. The highest BCUT2D eigenvalue weighted by molar-refractivity contribution is 5.77. The smallest absolute Gasteiger partial charge is 0.318 e. The molecule has 1 fully saturated rings. The molecule has 2 N–H and O–H groups in total.